The molecule has 0 aromatic carbocycles. The van der Waals surface area contributed by atoms with Crippen molar-refractivity contribution in [1.82, 2.24) is 0 Å². The Balaban J connectivity index is 3.91. The topological polar surface area (TPSA) is 78.9 Å². The molecule has 0 amide bonds. The van der Waals surface area contributed by atoms with Crippen molar-refractivity contribution in [3.8, 4) is 0 Å². The van der Waals surface area contributed by atoms with Crippen molar-refractivity contribution >= 4 is 17.9 Å². The summed E-state index contributed by atoms with van der Waals surface area (Å²) in [5, 5.41) is 0. The Morgan fingerprint density at radius 2 is 0.507 bits per heavy atom. The van der Waals surface area contributed by atoms with Crippen LogP contribution in [0.15, 0.2) is 24.3 Å². The van der Waals surface area contributed by atoms with Gasteiger partial charge in [0.1, 0.15) is 13.2 Å². The smallest absolute Gasteiger partial charge is 0.306 e. The van der Waals surface area contributed by atoms with E-state index in [0.29, 0.717) is 19.3 Å². The highest BCUT2D eigenvalue weighted by Crippen LogP contribution is 2.18. The lowest BCUT2D eigenvalue weighted by Gasteiger charge is -2.18. The van der Waals surface area contributed by atoms with Crippen LogP contribution in [0.3, 0.4) is 0 Å². The number of allylic oxidation sites excluding steroid dienone is 4. The van der Waals surface area contributed by atoms with Crippen molar-refractivity contribution in [1.29, 1.82) is 0 Å². The van der Waals surface area contributed by atoms with Gasteiger partial charge in [0.2, 0.25) is 0 Å². The van der Waals surface area contributed by atoms with E-state index in [4.69, 9.17) is 14.2 Å². The molecule has 418 valence electrons. The van der Waals surface area contributed by atoms with E-state index in [1.807, 2.05) is 0 Å². The molecule has 0 saturated heterocycles. The van der Waals surface area contributed by atoms with Gasteiger partial charge >= 0.3 is 17.9 Å². The summed E-state index contributed by atoms with van der Waals surface area (Å²) in [5.74, 6) is -0.878. The molecule has 0 saturated carbocycles. The Morgan fingerprint density at radius 1 is 0.282 bits per heavy atom. The number of ether oxygens (including phenoxy) is 3. The van der Waals surface area contributed by atoms with Gasteiger partial charge in [-0.3, -0.25) is 14.4 Å². The fraction of sp³-hybridized carbons (Fsp3) is 0.892. The number of hydrogen-bond donors (Lipinski definition) is 0. The van der Waals surface area contributed by atoms with Crippen LogP contribution in [0.25, 0.3) is 0 Å². The summed E-state index contributed by atoms with van der Waals surface area (Å²) in [6.45, 7) is 6.59. The van der Waals surface area contributed by atoms with Crippen LogP contribution < -0.4 is 0 Å². The number of hydrogen-bond acceptors (Lipinski definition) is 6. The van der Waals surface area contributed by atoms with Crippen molar-refractivity contribution in [2.24, 2.45) is 0 Å². The monoisotopic (exact) mass is 999 g/mol. The molecule has 0 fully saturated rings. The van der Waals surface area contributed by atoms with Crippen LogP contribution in [0.1, 0.15) is 355 Å². The molecule has 0 heterocycles. The van der Waals surface area contributed by atoms with Crippen molar-refractivity contribution in [2.75, 3.05) is 13.2 Å². The van der Waals surface area contributed by atoms with Gasteiger partial charge in [0.05, 0.1) is 0 Å². The summed E-state index contributed by atoms with van der Waals surface area (Å²) in [6.07, 6.45) is 72.5. The number of unbranched alkanes of at least 4 members (excludes halogenated alkanes) is 44. The molecule has 0 rings (SSSR count). The van der Waals surface area contributed by atoms with Crippen molar-refractivity contribution in [3.63, 3.8) is 0 Å². The lowest BCUT2D eigenvalue weighted by Crippen LogP contribution is -2.30. The average molecular weight is 1000 g/mol. The first-order valence-corrected chi connectivity index (χ1v) is 31.8. The van der Waals surface area contributed by atoms with Crippen LogP contribution in [0.2, 0.25) is 0 Å². The Kier molecular flexibility index (Phi) is 58.6. The molecule has 6 nitrogen and oxygen atoms in total. The van der Waals surface area contributed by atoms with Gasteiger partial charge in [-0.25, -0.2) is 0 Å². The zero-order chi connectivity index (χ0) is 51.4. The van der Waals surface area contributed by atoms with E-state index < -0.39 is 6.10 Å². The predicted molar refractivity (Wildman–Crippen MR) is 307 cm³/mol. The van der Waals surface area contributed by atoms with Crippen molar-refractivity contribution in [3.05, 3.63) is 24.3 Å². The minimum absolute atomic E-state index is 0.0727. The third-order valence-corrected chi connectivity index (χ3v) is 14.5. The van der Waals surface area contributed by atoms with Crippen LogP contribution in [0.5, 0.6) is 0 Å². The maximum atomic E-state index is 12.8. The largest absolute Gasteiger partial charge is 0.462 e. The van der Waals surface area contributed by atoms with Crippen LogP contribution in [0.4, 0.5) is 0 Å². The Labute approximate surface area is 443 Å². The zero-order valence-electron chi connectivity index (χ0n) is 48.0. The second-order valence-electron chi connectivity index (χ2n) is 21.7. The minimum atomic E-state index is -0.772. The van der Waals surface area contributed by atoms with E-state index in [9.17, 15) is 14.4 Å². The summed E-state index contributed by atoms with van der Waals surface area (Å²) in [4.78, 5) is 37.9. The lowest BCUT2D eigenvalue weighted by atomic mass is 10.0. The first kappa shape index (κ1) is 68.9. The van der Waals surface area contributed by atoms with E-state index in [2.05, 4.69) is 45.1 Å². The predicted octanol–water partition coefficient (Wildman–Crippen LogP) is 21.4. The number of carbonyl (C=O) groups excluding carboxylic acids is 3. The molecule has 1 atom stereocenters. The SMILES string of the molecule is CCCCC/C=C\C/C=C\CCCCCCCC(=O)OC(COC(=O)CCCCCCCC)COC(=O)CCCCCCCCCCCCCCCCCCCCCCCCCCCCCCCCCC. The highest BCUT2D eigenvalue weighted by Gasteiger charge is 2.19. The highest BCUT2D eigenvalue weighted by molar-refractivity contribution is 5.71. The molecular formula is C65H122O6. The summed E-state index contributed by atoms with van der Waals surface area (Å²) in [5.41, 5.74) is 0. The number of carbonyl (C=O) groups is 3. The summed E-state index contributed by atoms with van der Waals surface area (Å²) < 4.78 is 16.8. The summed E-state index contributed by atoms with van der Waals surface area (Å²) in [6, 6.07) is 0. The number of rotatable bonds is 59. The van der Waals surface area contributed by atoms with Crippen LogP contribution in [0, 0.1) is 0 Å². The quantitative estimate of drug-likeness (QED) is 0.0261. The molecule has 0 bridgehead atoms. The maximum Gasteiger partial charge on any atom is 0.306 e. The van der Waals surface area contributed by atoms with Crippen LogP contribution in [-0.4, -0.2) is 37.2 Å². The van der Waals surface area contributed by atoms with E-state index in [1.54, 1.807) is 0 Å². The molecule has 0 radical (unpaired) electrons. The molecular weight excluding hydrogens is 877 g/mol. The fourth-order valence-corrected chi connectivity index (χ4v) is 9.65. The molecule has 0 spiro atoms. The molecule has 0 aliphatic rings. The number of esters is 3. The van der Waals surface area contributed by atoms with Gasteiger partial charge in [0.15, 0.2) is 6.10 Å². The second kappa shape index (κ2) is 60.4. The normalized spacial score (nSPS) is 12.1. The molecule has 0 aliphatic heterocycles. The Hall–Kier alpha value is -2.11. The van der Waals surface area contributed by atoms with Gasteiger partial charge in [-0.15, -0.1) is 0 Å². The molecule has 0 aromatic heterocycles. The van der Waals surface area contributed by atoms with Gasteiger partial charge in [-0.1, -0.05) is 308 Å². The molecule has 0 aromatic rings. The minimum Gasteiger partial charge on any atom is -0.462 e. The van der Waals surface area contributed by atoms with Crippen LogP contribution in [-0.2, 0) is 28.6 Å². The zero-order valence-corrected chi connectivity index (χ0v) is 48.0. The first-order valence-electron chi connectivity index (χ1n) is 31.8. The molecule has 1 unspecified atom stereocenters. The van der Waals surface area contributed by atoms with Crippen LogP contribution >= 0.6 is 0 Å². The van der Waals surface area contributed by atoms with Gasteiger partial charge in [-0.2, -0.15) is 0 Å². The van der Waals surface area contributed by atoms with Gasteiger partial charge in [-0.05, 0) is 51.4 Å². The molecule has 0 N–H and O–H groups in total. The lowest BCUT2D eigenvalue weighted by molar-refractivity contribution is -0.167. The van der Waals surface area contributed by atoms with E-state index >= 15 is 0 Å². The third-order valence-electron chi connectivity index (χ3n) is 14.5. The maximum absolute atomic E-state index is 12.8. The molecule has 6 heteroatoms. The Morgan fingerprint density at radius 3 is 0.803 bits per heavy atom. The standard InChI is InChI=1S/C65H122O6/c1-4-7-10-13-16-18-20-22-24-25-26-27-28-29-30-31-32-33-34-35-36-37-38-39-40-42-43-45-47-49-52-55-58-64(67)70-61-62(60-69-63(66)57-54-51-15-12-9-6-3)71-65(68)59-56-53-50-48-46-44-41-23-21-19-17-14-11-8-5-2/h17,19,23,41,62H,4-16,18,20-22,24-40,42-61H2,1-3H3/b19-17-,41-23-. The molecule has 71 heavy (non-hydrogen) atoms. The first-order chi connectivity index (χ1) is 35.0. The van der Waals surface area contributed by atoms with Gasteiger partial charge in [0, 0.05) is 19.3 Å². The van der Waals surface area contributed by atoms with E-state index in [1.165, 1.54) is 238 Å². The second-order valence-corrected chi connectivity index (χ2v) is 21.7. The fourth-order valence-electron chi connectivity index (χ4n) is 9.65. The van der Waals surface area contributed by atoms with Gasteiger partial charge < -0.3 is 14.2 Å². The van der Waals surface area contributed by atoms with Crippen molar-refractivity contribution < 1.29 is 28.6 Å². The van der Waals surface area contributed by atoms with Gasteiger partial charge in [0.25, 0.3) is 0 Å². The Bertz CT molecular complexity index is 1150. The van der Waals surface area contributed by atoms with Crippen molar-refractivity contribution in [2.45, 2.75) is 361 Å². The summed E-state index contributed by atoms with van der Waals surface area (Å²) >= 11 is 0. The average Bonchev–Trinajstić information content (AvgIpc) is 3.37. The van der Waals surface area contributed by atoms with E-state index in [-0.39, 0.29) is 31.1 Å². The summed E-state index contributed by atoms with van der Waals surface area (Å²) in [7, 11) is 0. The van der Waals surface area contributed by atoms with E-state index in [0.717, 1.165) is 77.0 Å². The molecule has 0 aliphatic carbocycles. The third kappa shape index (κ3) is 58.7. The highest BCUT2D eigenvalue weighted by atomic mass is 16.6.